The van der Waals surface area contributed by atoms with E-state index in [-0.39, 0.29) is 0 Å². The molecule has 0 fully saturated rings. The van der Waals surface area contributed by atoms with Crippen LogP contribution in [0, 0.1) is 0 Å². The number of carbonyl (C=O) groups is 1. The van der Waals surface area contributed by atoms with Crippen LogP contribution in [0.4, 0.5) is 0 Å². The summed E-state index contributed by atoms with van der Waals surface area (Å²) in [5.74, 6) is -0.659. The van der Waals surface area contributed by atoms with Crippen molar-refractivity contribution in [1.29, 1.82) is 0 Å². The van der Waals surface area contributed by atoms with Gasteiger partial charge in [-0.1, -0.05) is 58.3 Å². The molecule has 0 saturated carbocycles. The molecule has 100 valence electrons. The van der Waals surface area contributed by atoms with Crippen LogP contribution in [0.2, 0.25) is 0 Å². The Labute approximate surface area is 111 Å². The summed E-state index contributed by atoms with van der Waals surface area (Å²) in [6, 6.07) is 0. The second-order valence-electron chi connectivity index (χ2n) is 4.08. The van der Waals surface area contributed by atoms with E-state index in [2.05, 4.69) is 6.92 Å². The van der Waals surface area contributed by atoms with E-state index < -0.39 is 21.5 Å². The maximum absolute atomic E-state index is 10.2. The second-order valence-corrected chi connectivity index (χ2v) is 4.29. The zero-order valence-electron chi connectivity index (χ0n) is 10.9. The van der Waals surface area contributed by atoms with Crippen molar-refractivity contribution in [2.24, 2.45) is 0 Å². The Kier molecular flexibility index (Phi) is 20.0. The van der Waals surface area contributed by atoms with Crippen LogP contribution in [0.15, 0.2) is 0 Å². The number of hydrogen-bond donors (Lipinski definition) is 2. The number of rotatable bonds is 10. The van der Waals surface area contributed by atoms with Crippen LogP contribution in [0.1, 0.15) is 71.1 Å². The second kappa shape index (κ2) is 18.0. The van der Waals surface area contributed by atoms with Crippen molar-refractivity contribution in [1.82, 2.24) is 0 Å². The summed E-state index contributed by atoms with van der Waals surface area (Å²) in [5.41, 5.74) is 0. The molecule has 0 saturated heterocycles. The van der Waals surface area contributed by atoms with E-state index in [9.17, 15) is 4.79 Å². The summed E-state index contributed by atoms with van der Waals surface area (Å²) in [6.07, 6.45) is 11.5. The molecule has 0 aliphatic rings. The Morgan fingerprint density at radius 3 is 1.65 bits per heavy atom. The first-order chi connectivity index (χ1) is 8.18. The molecule has 0 rings (SSSR count). The predicted octanol–water partition coefficient (Wildman–Crippen LogP) is 2.94. The molecule has 0 amide bonds. The van der Waals surface area contributed by atoms with Gasteiger partial charge in [0, 0.05) is 6.42 Å². The van der Waals surface area contributed by atoms with Crippen LogP contribution in [0.25, 0.3) is 0 Å². The quantitative estimate of drug-likeness (QED) is 0.468. The van der Waals surface area contributed by atoms with Crippen molar-refractivity contribution in [2.45, 2.75) is 71.1 Å². The van der Waals surface area contributed by atoms with E-state index in [1.165, 1.54) is 44.9 Å². The first-order valence-corrected chi connectivity index (χ1v) is 7.47. The van der Waals surface area contributed by atoms with Gasteiger partial charge < -0.3 is 5.11 Å². The Morgan fingerprint density at radius 1 is 0.941 bits per heavy atom. The molecule has 17 heavy (non-hydrogen) atoms. The monoisotopic (exact) mass is 260 g/mol. The van der Waals surface area contributed by atoms with Crippen molar-refractivity contribution >= 4 is 21.5 Å². The van der Waals surface area contributed by atoms with Crippen LogP contribution in [0.5, 0.6) is 0 Å². The molecule has 5 heteroatoms. The summed E-state index contributed by atoms with van der Waals surface area (Å²) in [4.78, 5) is 10.2. The Bertz CT molecular complexity index is 174. The van der Waals surface area contributed by atoms with E-state index in [1.807, 2.05) is 0 Å². The molecule has 0 aromatic heterocycles. The van der Waals surface area contributed by atoms with Gasteiger partial charge in [-0.25, -0.2) is 0 Å². The summed E-state index contributed by atoms with van der Waals surface area (Å²) < 4.78 is 15.7. The molecule has 0 radical (unpaired) electrons. The van der Waals surface area contributed by atoms with Gasteiger partial charge in [-0.15, -0.1) is 0 Å². The summed E-state index contributed by atoms with van der Waals surface area (Å²) >= 11 is -1.50. The van der Waals surface area contributed by atoms with Gasteiger partial charge in [-0.2, -0.15) is 0 Å². The average Bonchev–Trinajstić information content (AvgIpc) is 2.27. The predicted molar refractivity (Wildman–Crippen MR) is 68.1 cm³/mol. The fourth-order valence-electron chi connectivity index (χ4n) is 1.59. The summed E-state index contributed by atoms with van der Waals surface area (Å²) in [6.45, 7) is 2.23. The zero-order valence-corrected chi connectivity index (χ0v) is 12.0. The number of carboxylic acids is 1. The van der Waals surface area contributed by atoms with Crippen molar-refractivity contribution in [3.8, 4) is 0 Å². The fraction of sp³-hybridized carbons (Fsp3) is 0.917. The van der Waals surface area contributed by atoms with Crippen molar-refractivity contribution in [3.05, 3.63) is 0 Å². The van der Waals surface area contributed by atoms with Gasteiger partial charge >= 0.3 is 29.4 Å². The van der Waals surface area contributed by atoms with Crippen molar-refractivity contribution < 1.29 is 17.9 Å². The third kappa shape index (κ3) is 25.7. The van der Waals surface area contributed by atoms with Gasteiger partial charge in [0.25, 0.3) is 0 Å². The number of carboxylic acid groups (broad SMARTS) is 1. The minimum atomic E-state index is -1.50. The van der Waals surface area contributed by atoms with E-state index in [0.29, 0.717) is 6.42 Å². The van der Waals surface area contributed by atoms with Gasteiger partial charge in [-0.3, -0.25) is 4.79 Å². The van der Waals surface area contributed by atoms with Crippen LogP contribution in [0.3, 0.4) is 0 Å². The van der Waals surface area contributed by atoms with Crippen LogP contribution >= 0.6 is 0 Å². The Balaban J connectivity index is 0. The van der Waals surface area contributed by atoms with Gasteiger partial charge in [0.2, 0.25) is 0 Å². The first kappa shape index (κ1) is 19.0. The molecule has 0 unspecified atom stereocenters. The van der Waals surface area contributed by atoms with Crippen LogP contribution in [-0.2, 0) is 8.60 Å². The molecule has 0 heterocycles. The van der Waals surface area contributed by atoms with Gasteiger partial charge in [0.15, 0.2) is 0 Å². The normalized spacial score (nSPS) is 9.00. The molecule has 0 aromatic carbocycles. The summed E-state index contributed by atoms with van der Waals surface area (Å²) in [5, 5.41) is 8.41. The van der Waals surface area contributed by atoms with Gasteiger partial charge in [0.05, 0.1) is 0 Å². The standard InChI is InChI=1S/C12H24O2.Al.H2O.O/c1-2-3-4-5-6-7-8-9-10-11-12(13)14;;;/h2-11H2,1H3,(H,13,14);;1H2;/q;+1;;/p-1. The molecule has 4 nitrogen and oxygen atoms in total. The number of unbranched alkanes of at least 4 members (excludes halogenated alkanes) is 8. The molecule has 0 aliphatic heterocycles. The zero-order chi connectivity index (χ0) is 13.4. The third-order valence-corrected chi connectivity index (χ3v) is 2.49. The molecule has 0 atom stereocenters. The average molecular weight is 260 g/mol. The molecule has 2 N–H and O–H groups in total. The molecule has 0 aromatic rings. The number of aliphatic carboxylic acids is 1. The first-order valence-electron chi connectivity index (χ1n) is 6.48. The Hall–Kier alpha value is -0.398. The van der Waals surface area contributed by atoms with Gasteiger partial charge in [-0.05, 0) is 6.42 Å². The Morgan fingerprint density at radius 2 is 1.29 bits per heavy atom. The van der Waals surface area contributed by atoms with Crippen molar-refractivity contribution in [3.63, 3.8) is 0 Å². The minimum absolute atomic E-state index is 0.343. The van der Waals surface area contributed by atoms with Crippen molar-refractivity contribution in [2.75, 3.05) is 0 Å². The third-order valence-electron chi connectivity index (χ3n) is 2.49. The molecule has 0 bridgehead atoms. The molecular formula is C12H25AlO4. The van der Waals surface area contributed by atoms with E-state index in [0.717, 1.165) is 12.8 Å². The van der Waals surface area contributed by atoms with Gasteiger partial charge in [0.1, 0.15) is 0 Å². The number of hydrogen-bond acceptors (Lipinski definition) is 2. The maximum atomic E-state index is 10.2. The molecule has 0 spiro atoms. The fourth-order valence-corrected chi connectivity index (χ4v) is 1.59. The SMILES string of the molecule is CCCCCCCCCCCC(=O)O.[O]=[Al][OH]. The van der Waals surface area contributed by atoms with E-state index in [1.54, 1.807) is 0 Å². The molecular weight excluding hydrogens is 235 g/mol. The van der Waals surface area contributed by atoms with Crippen LogP contribution < -0.4 is 0 Å². The van der Waals surface area contributed by atoms with Crippen LogP contribution in [-0.4, -0.2) is 30.7 Å². The van der Waals surface area contributed by atoms with E-state index in [4.69, 9.17) is 13.1 Å². The molecule has 0 aliphatic carbocycles. The van der Waals surface area contributed by atoms with E-state index >= 15 is 0 Å². The topological polar surface area (TPSA) is 74.6 Å². The summed E-state index contributed by atoms with van der Waals surface area (Å²) in [7, 11) is 0.